The maximum atomic E-state index is 10.9. The van der Waals surface area contributed by atoms with Gasteiger partial charge in [0.1, 0.15) is 6.04 Å². The number of aromatic nitrogens is 1. The fourth-order valence-corrected chi connectivity index (χ4v) is 2.06. The lowest BCUT2D eigenvalue weighted by Gasteiger charge is -2.27. The summed E-state index contributed by atoms with van der Waals surface area (Å²) in [5.41, 5.74) is 8.44. The van der Waals surface area contributed by atoms with Crippen LogP contribution < -0.4 is 5.73 Å². The average Bonchev–Trinajstić information content (AvgIpc) is 2.26. The first kappa shape index (κ1) is 11.0. The Morgan fingerprint density at radius 3 is 3.06 bits per heavy atom. The third-order valence-electron chi connectivity index (χ3n) is 2.96. The van der Waals surface area contributed by atoms with E-state index in [1.165, 1.54) is 0 Å². The predicted molar refractivity (Wildman–Crippen MR) is 58.8 cm³/mol. The molecule has 1 unspecified atom stereocenters. The number of carboxylic acid groups (broad SMARTS) is 1. The molecule has 0 radical (unpaired) electrons. The maximum Gasteiger partial charge on any atom is 0.325 e. The first-order chi connectivity index (χ1) is 7.59. The second kappa shape index (κ2) is 4.19. The lowest BCUT2D eigenvalue weighted by atomic mass is 9.94. The van der Waals surface area contributed by atoms with Crippen molar-refractivity contribution in [1.29, 1.82) is 0 Å². The highest BCUT2D eigenvalue weighted by Gasteiger charge is 2.23. The average molecular weight is 221 g/mol. The van der Waals surface area contributed by atoms with Crippen LogP contribution in [0.4, 0.5) is 0 Å². The van der Waals surface area contributed by atoms with Crippen molar-refractivity contribution in [3.63, 3.8) is 0 Å². The number of fused-ring (bicyclic) bond motifs is 1. The molecule has 0 bridgehead atoms. The summed E-state index contributed by atoms with van der Waals surface area (Å²) in [6, 6.07) is -0.967. The van der Waals surface area contributed by atoms with E-state index in [1.807, 2.05) is 7.05 Å². The molecule has 2 rings (SSSR count). The van der Waals surface area contributed by atoms with E-state index < -0.39 is 12.0 Å². The van der Waals surface area contributed by atoms with Crippen LogP contribution in [0, 0.1) is 0 Å². The van der Waals surface area contributed by atoms with E-state index in [4.69, 9.17) is 10.8 Å². The zero-order valence-electron chi connectivity index (χ0n) is 9.18. The normalized spacial score (nSPS) is 17.9. The molecule has 86 valence electrons. The quantitative estimate of drug-likeness (QED) is 0.743. The van der Waals surface area contributed by atoms with Crippen molar-refractivity contribution in [1.82, 2.24) is 9.88 Å². The van der Waals surface area contributed by atoms with Crippen LogP contribution in [0.2, 0.25) is 0 Å². The van der Waals surface area contributed by atoms with Gasteiger partial charge < -0.3 is 15.7 Å². The van der Waals surface area contributed by atoms with Gasteiger partial charge in [0.05, 0.1) is 0 Å². The van der Waals surface area contributed by atoms with Crippen LogP contribution in [0.5, 0.6) is 0 Å². The summed E-state index contributed by atoms with van der Waals surface area (Å²) in [5.74, 6) is -1.01. The highest BCUT2D eigenvalue weighted by Crippen LogP contribution is 2.24. The van der Waals surface area contributed by atoms with E-state index in [-0.39, 0.29) is 0 Å². The standard InChI is InChI=1S/C11H15N3O2/c1-14-3-2-8-7(6-14)4-13-5-9(8)10(12)11(15)16/h4-5,10H,2-3,6,12H2,1H3,(H,15,16). The van der Waals surface area contributed by atoms with Crippen molar-refractivity contribution in [3.8, 4) is 0 Å². The molecule has 2 heterocycles. The summed E-state index contributed by atoms with van der Waals surface area (Å²) in [6.45, 7) is 1.73. The molecule has 5 nitrogen and oxygen atoms in total. The highest BCUT2D eigenvalue weighted by atomic mass is 16.4. The molecule has 1 aliphatic heterocycles. The van der Waals surface area contributed by atoms with E-state index in [1.54, 1.807) is 12.4 Å². The van der Waals surface area contributed by atoms with Crippen molar-refractivity contribution in [2.45, 2.75) is 19.0 Å². The number of carbonyl (C=O) groups is 1. The van der Waals surface area contributed by atoms with E-state index >= 15 is 0 Å². The van der Waals surface area contributed by atoms with Gasteiger partial charge in [-0.25, -0.2) is 0 Å². The Balaban J connectivity index is 2.41. The predicted octanol–water partition coefficient (Wildman–Crippen LogP) is 0.154. The van der Waals surface area contributed by atoms with Crippen LogP contribution in [-0.4, -0.2) is 34.6 Å². The van der Waals surface area contributed by atoms with E-state index in [2.05, 4.69) is 9.88 Å². The smallest absolute Gasteiger partial charge is 0.325 e. The van der Waals surface area contributed by atoms with Crippen LogP contribution in [0.3, 0.4) is 0 Å². The van der Waals surface area contributed by atoms with Crippen LogP contribution in [0.1, 0.15) is 22.7 Å². The Kier molecular flexibility index (Phi) is 2.89. The minimum Gasteiger partial charge on any atom is -0.480 e. The highest BCUT2D eigenvalue weighted by molar-refractivity contribution is 5.75. The topological polar surface area (TPSA) is 79.5 Å². The largest absolute Gasteiger partial charge is 0.480 e. The molecule has 5 heteroatoms. The first-order valence-electron chi connectivity index (χ1n) is 5.22. The van der Waals surface area contributed by atoms with Crippen molar-refractivity contribution in [3.05, 3.63) is 29.1 Å². The third kappa shape index (κ3) is 1.91. The maximum absolute atomic E-state index is 10.9. The number of hydrogen-bond donors (Lipinski definition) is 2. The monoisotopic (exact) mass is 221 g/mol. The van der Waals surface area contributed by atoms with Crippen LogP contribution >= 0.6 is 0 Å². The SMILES string of the molecule is CN1CCc2c(cncc2C(N)C(=O)O)C1. The number of likely N-dealkylation sites (N-methyl/N-ethyl adjacent to an activating group) is 1. The minimum atomic E-state index is -1.01. The second-order valence-corrected chi connectivity index (χ2v) is 4.17. The Hall–Kier alpha value is -1.46. The molecule has 1 aliphatic rings. The van der Waals surface area contributed by atoms with Crippen LogP contribution in [0.25, 0.3) is 0 Å². The number of nitrogens with zero attached hydrogens (tertiary/aromatic N) is 2. The van der Waals surface area contributed by atoms with Crippen molar-refractivity contribution >= 4 is 5.97 Å². The molecule has 1 aromatic heterocycles. The van der Waals surface area contributed by atoms with Gasteiger partial charge in [0.15, 0.2) is 0 Å². The Labute approximate surface area is 93.9 Å². The molecule has 1 aromatic rings. The summed E-state index contributed by atoms with van der Waals surface area (Å²) in [6.07, 6.45) is 4.21. The Morgan fingerprint density at radius 1 is 1.62 bits per heavy atom. The van der Waals surface area contributed by atoms with Gasteiger partial charge in [-0.05, 0) is 24.6 Å². The number of carboxylic acids is 1. The number of hydrogen-bond acceptors (Lipinski definition) is 4. The molecule has 0 spiro atoms. The Morgan fingerprint density at radius 2 is 2.38 bits per heavy atom. The van der Waals surface area contributed by atoms with Crippen molar-refractivity contribution in [2.24, 2.45) is 5.73 Å². The Bertz CT molecular complexity index is 420. The third-order valence-corrected chi connectivity index (χ3v) is 2.96. The summed E-state index contributed by atoms with van der Waals surface area (Å²) in [4.78, 5) is 17.1. The molecular formula is C11H15N3O2. The molecule has 0 aromatic carbocycles. The van der Waals surface area contributed by atoms with Gasteiger partial charge >= 0.3 is 5.97 Å². The minimum absolute atomic E-state index is 0.651. The number of pyridine rings is 1. The summed E-state index contributed by atoms with van der Waals surface area (Å²) in [5, 5.41) is 8.93. The number of aliphatic carboxylic acids is 1. The zero-order chi connectivity index (χ0) is 11.7. The van der Waals surface area contributed by atoms with Gasteiger partial charge in [-0.2, -0.15) is 0 Å². The van der Waals surface area contributed by atoms with Crippen LogP contribution in [0.15, 0.2) is 12.4 Å². The van der Waals surface area contributed by atoms with E-state index in [0.717, 1.165) is 30.6 Å². The lowest BCUT2D eigenvalue weighted by molar-refractivity contribution is -0.138. The van der Waals surface area contributed by atoms with Gasteiger partial charge in [0.2, 0.25) is 0 Å². The van der Waals surface area contributed by atoms with Crippen LogP contribution in [-0.2, 0) is 17.8 Å². The van der Waals surface area contributed by atoms with Gasteiger partial charge in [-0.1, -0.05) is 0 Å². The molecule has 16 heavy (non-hydrogen) atoms. The molecule has 0 aliphatic carbocycles. The summed E-state index contributed by atoms with van der Waals surface area (Å²) < 4.78 is 0. The molecule has 0 saturated heterocycles. The first-order valence-corrected chi connectivity index (χ1v) is 5.22. The van der Waals surface area contributed by atoms with Gasteiger partial charge in [0, 0.05) is 31.0 Å². The lowest BCUT2D eigenvalue weighted by Crippen LogP contribution is -2.30. The molecule has 0 amide bonds. The summed E-state index contributed by atoms with van der Waals surface area (Å²) >= 11 is 0. The van der Waals surface area contributed by atoms with Crippen molar-refractivity contribution < 1.29 is 9.90 Å². The molecule has 3 N–H and O–H groups in total. The molecule has 0 saturated carbocycles. The van der Waals surface area contributed by atoms with Gasteiger partial charge in [0.25, 0.3) is 0 Å². The number of rotatable bonds is 2. The fourth-order valence-electron chi connectivity index (χ4n) is 2.06. The van der Waals surface area contributed by atoms with Gasteiger partial charge in [-0.3, -0.25) is 9.78 Å². The van der Waals surface area contributed by atoms with E-state index in [0.29, 0.717) is 5.56 Å². The van der Waals surface area contributed by atoms with Crippen molar-refractivity contribution in [2.75, 3.05) is 13.6 Å². The summed E-state index contributed by atoms with van der Waals surface area (Å²) in [7, 11) is 2.03. The molecular weight excluding hydrogens is 206 g/mol. The second-order valence-electron chi connectivity index (χ2n) is 4.17. The molecule has 1 atom stereocenters. The van der Waals surface area contributed by atoms with Gasteiger partial charge in [-0.15, -0.1) is 0 Å². The number of nitrogens with two attached hydrogens (primary N) is 1. The zero-order valence-corrected chi connectivity index (χ0v) is 9.18. The fraction of sp³-hybridized carbons (Fsp3) is 0.455. The molecule has 0 fully saturated rings. The van der Waals surface area contributed by atoms with E-state index in [9.17, 15) is 4.79 Å².